The molecule has 1 atom stereocenters. The molecule has 2 aromatic rings. The predicted octanol–water partition coefficient (Wildman–Crippen LogP) is 5.37. The van der Waals surface area contributed by atoms with Crippen molar-refractivity contribution in [1.29, 1.82) is 0 Å². The Bertz CT molecular complexity index is 650. The Labute approximate surface area is 138 Å². The van der Waals surface area contributed by atoms with Crippen LogP contribution in [0.1, 0.15) is 30.8 Å². The smallest absolute Gasteiger partial charge is 0.357 e. The van der Waals surface area contributed by atoms with Gasteiger partial charge in [-0.25, -0.2) is 0 Å². The quantitative estimate of drug-likeness (QED) is 0.660. The largest absolute Gasteiger partial charge is 0.368 e. The summed E-state index contributed by atoms with van der Waals surface area (Å²) in [5.74, 6) is -0.550. The highest BCUT2D eigenvalue weighted by Gasteiger charge is 2.37. The molecule has 1 unspecified atom stereocenters. The van der Waals surface area contributed by atoms with E-state index in [1.165, 1.54) is 0 Å². The Morgan fingerprint density at radius 3 is 2.09 bits per heavy atom. The normalized spacial score (nSPS) is 12.8. The van der Waals surface area contributed by atoms with Gasteiger partial charge in [0.1, 0.15) is 0 Å². The highest BCUT2D eigenvalue weighted by Crippen LogP contribution is 2.61. The highest BCUT2D eigenvalue weighted by molar-refractivity contribution is 7.54. The molecule has 0 aliphatic rings. The van der Waals surface area contributed by atoms with E-state index in [1.54, 1.807) is 0 Å². The van der Waals surface area contributed by atoms with E-state index in [9.17, 15) is 4.57 Å². The van der Waals surface area contributed by atoms with Gasteiger partial charge in [-0.2, -0.15) is 0 Å². The molecule has 0 bridgehead atoms. The number of anilines is 1. The van der Waals surface area contributed by atoms with Gasteiger partial charge in [0.05, 0.1) is 13.2 Å². The lowest BCUT2D eigenvalue weighted by atomic mass is 10.1. The first-order valence-corrected chi connectivity index (χ1v) is 9.47. The first-order chi connectivity index (χ1) is 11.1. The molecule has 5 heteroatoms. The SMILES string of the molecule is CCOP(=O)(OCC)C(Nc1ccccc1)c1ccccc1C. The Morgan fingerprint density at radius 2 is 1.52 bits per heavy atom. The number of hydrogen-bond donors (Lipinski definition) is 1. The number of nitrogens with one attached hydrogen (secondary N) is 1. The van der Waals surface area contributed by atoms with E-state index >= 15 is 0 Å². The molecule has 2 rings (SSSR count). The monoisotopic (exact) mass is 333 g/mol. The van der Waals surface area contributed by atoms with Gasteiger partial charge in [-0.05, 0) is 44.0 Å². The van der Waals surface area contributed by atoms with Crippen LogP contribution < -0.4 is 5.32 Å². The van der Waals surface area contributed by atoms with Gasteiger partial charge in [0.25, 0.3) is 0 Å². The Morgan fingerprint density at radius 1 is 0.957 bits per heavy atom. The maximum atomic E-state index is 13.4. The molecular formula is C18H24NO3P. The van der Waals surface area contributed by atoms with Crippen LogP contribution in [0.4, 0.5) is 5.69 Å². The molecule has 0 aromatic heterocycles. The van der Waals surface area contributed by atoms with E-state index in [0.717, 1.165) is 16.8 Å². The second kappa shape index (κ2) is 8.30. The first-order valence-electron chi connectivity index (χ1n) is 7.86. The van der Waals surface area contributed by atoms with Crippen molar-refractivity contribution in [2.24, 2.45) is 0 Å². The number of rotatable bonds is 8. The van der Waals surface area contributed by atoms with Crippen molar-refractivity contribution in [3.63, 3.8) is 0 Å². The molecule has 124 valence electrons. The molecule has 2 aromatic carbocycles. The minimum absolute atomic E-state index is 0.329. The number of para-hydroxylation sites is 1. The van der Waals surface area contributed by atoms with Gasteiger partial charge in [-0.3, -0.25) is 4.57 Å². The number of aryl methyl sites for hydroxylation is 1. The van der Waals surface area contributed by atoms with Crippen molar-refractivity contribution in [3.05, 3.63) is 65.7 Å². The zero-order valence-electron chi connectivity index (χ0n) is 13.9. The molecule has 0 aliphatic carbocycles. The number of hydrogen-bond acceptors (Lipinski definition) is 4. The second-order valence-corrected chi connectivity index (χ2v) is 7.26. The molecule has 0 aliphatic heterocycles. The summed E-state index contributed by atoms with van der Waals surface area (Å²) in [5, 5.41) is 3.33. The first kappa shape index (κ1) is 17.7. The van der Waals surface area contributed by atoms with Crippen LogP contribution in [-0.2, 0) is 13.6 Å². The van der Waals surface area contributed by atoms with Crippen LogP contribution >= 0.6 is 7.60 Å². The van der Waals surface area contributed by atoms with Gasteiger partial charge in [0.2, 0.25) is 0 Å². The zero-order chi connectivity index (χ0) is 16.7. The molecule has 0 radical (unpaired) electrons. The summed E-state index contributed by atoms with van der Waals surface area (Å²) in [4.78, 5) is 0. The summed E-state index contributed by atoms with van der Waals surface area (Å²) in [7, 11) is -3.35. The average molecular weight is 333 g/mol. The topological polar surface area (TPSA) is 47.6 Å². The summed E-state index contributed by atoms with van der Waals surface area (Å²) in [5.41, 5.74) is 2.84. The molecule has 0 saturated carbocycles. The molecular weight excluding hydrogens is 309 g/mol. The van der Waals surface area contributed by atoms with Crippen molar-refractivity contribution in [3.8, 4) is 0 Å². The fraction of sp³-hybridized carbons (Fsp3) is 0.333. The molecule has 0 saturated heterocycles. The predicted molar refractivity (Wildman–Crippen MR) is 94.8 cm³/mol. The fourth-order valence-electron chi connectivity index (χ4n) is 2.46. The van der Waals surface area contributed by atoms with E-state index in [1.807, 2.05) is 75.4 Å². The van der Waals surface area contributed by atoms with Crippen molar-refractivity contribution in [2.75, 3.05) is 18.5 Å². The minimum Gasteiger partial charge on any atom is -0.368 e. The summed E-state index contributed by atoms with van der Waals surface area (Å²) in [6.45, 7) is 6.30. The molecule has 0 spiro atoms. The molecule has 0 heterocycles. The maximum Gasteiger partial charge on any atom is 0.357 e. The van der Waals surface area contributed by atoms with Gasteiger partial charge < -0.3 is 14.4 Å². The highest BCUT2D eigenvalue weighted by atomic mass is 31.2. The van der Waals surface area contributed by atoms with Gasteiger partial charge in [0.15, 0.2) is 5.78 Å². The van der Waals surface area contributed by atoms with Crippen LogP contribution in [0.2, 0.25) is 0 Å². The van der Waals surface area contributed by atoms with Gasteiger partial charge in [0, 0.05) is 5.69 Å². The maximum absolute atomic E-state index is 13.4. The Balaban J connectivity index is 2.46. The standard InChI is InChI=1S/C18H24NO3P/c1-4-21-23(20,22-5-2)18(17-14-10-9-11-15(17)3)19-16-12-7-6-8-13-16/h6-14,18-19H,4-5H2,1-3H3. The van der Waals surface area contributed by atoms with Gasteiger partial charge in [-0.15, -0.1) is 0 Å². The summed E-state index contributed by atoms with van der Waals surface area (Å²) in [6, 6.07) is 17.5. The molecule has 23 heavy (non-hydrogen) atoms. The second-order valence-electron chi connectivity index (χ2n) is 5.14. The third-order valence-corrected chi connectivity index (χ3v) is 5.77. The van der Waals surface area contributed by atoms with E-state index < -0.39 is 13.4 Å². The van der Waals surface area contributed by atoms with E-state index in [4.69, 9.17) is 9.05 Å². The van der Waals surface area contributed by atoms with Crippen LogP contribution in [-0.4, -0.2) is 13.2 Å². The van der Waals surface area contributed by atoms with Crippen LogP contribution in [0.5, 0.6) is 0 Å². The van der Waals surface area contributed by atoms with Crippen LogP contribution in [0.3, 0.4) is 0 Å². The van der Waals surface area contributed by atoms with Crippen LogP contribution in [0.15, 0.2) is 54.6 Å². The third kappa shape index (κ3) is 4.44. The van der Waals surface area contributed by atoms with E-state index in [-0.39, 0.29) is 0 Å². The fourth-order valence-corrected chi connectivity index (χ4v) is 4.49. The van der Waals surface area contributed by atoms with Crippen LogP contribution in [0.25, 0.3) is 0 Å². The van der Waals surface area contributed by atoms with E-state index in [2.05, 4.69) is 5.32 Å². The lowest BCUT2D eigenvalue weighted by molar-refractivity contribution is 0.214. The van der Waals surface area contributed by atoms with Crippen molar-refractivity contribution in [1.82, 2.24) is 0 Å². The Kier molecular flexibility index (Phi) is 6.40. The van der Waals surface area contributed by atoms with Gasteiger partial charge in [-0.1, -0.05) is 42.5 Å². The van der Waals surface area contributed by atoms with Gasteiger partial charge >= 0.3 is 7.60 Å². The van der Waals surface area contributed by atoms with Crippen molar-refractivity contribution < 1.29 is 13.6 Å². The average Bonchev–Trinajstić information content (AvgIpc) is 2.55. The minimum atomic E-state index is -3.35. The van der Waals surface area contributed by atoms with Crippen molar-refractivity contribution >= 4 is 13.3 Å². The number of benzene rings is 2. The Hall–Kier alpha value is -1.61. The summed E-state index contributed by atoms with van der Waals surface area (Å²) < 4.78 is 24.5. The summed E-state index contributed by atoms with van der Waals surface area (Å²) >= 11 is 0. The lowest BCUT2D eigenvalue weighted by Crippen LogP contribution is -2.16. The zero-order valence-corrected chi connectivity index (χ0v) is 14.8. The molecule has 0 fully saturated rings. The van der Waals surface area contributed by atoms with Crippen LogP contribution in [0, 0.1) is 6.92 Å². The third-order valence-electron chi connectivity index (χ3n) is 3.49. The van der Waals surface area contributed by atoms with Crippen molar-refractivity contribution in [2.45, 2.75) is 26.6 Å². The molecule has 1 N–H and O–H groups in total. The molecule has 4 nitrogen and oxygen atoms in total. The lowest BCUT2D eigenvalue weighted by Gasteiger charge is -2.29. The molecule has 0 amide bonds. The summed E-state index contributed by atoms with van der Waals surface area (Å²) in [6.07, 6.45) is 0. The van der Waals surface area contributed by atoms with E-state index in [0.29, 0.717) is 13.2 Å².